The van der Waals surface area contributed by atoms with E-state index < -0.39 is 36.6 Å². The molecular weight excluding hydrogens is 468 g/mol. The molecule has 2 amide bonds. The number of para-hydroxylation sites is 1. The SMILES string of the molecule is CCCOc1ccc(/C=C2\C(=O)NN(c3ccccc3)C2=O)c(OC[C@@H](O)[C@@H](O)C(=O)OCC)c1C. The molecule has 192 valence electrons. The molecule has 0 saturated carbocycles. The number of esters is 1. The van der Waals surface area contributed by atoms with Crippen molar-refractivity contribution in [3.8, 4) is 11.5 Å². The van der Waals surface area contributed by atoms with Gasteiger partial charge in [0.15, 0.2) is 6.10 Å². The molecule has 2 atom stereocenters. The lowest BCUT2D eigenvalue weighted by Gasteiger charge is -2.20. The van der Waals surface area contributed by atoms with Gasteiger partial charge < -0.3 is 24.4 Å². The van der Waals surface area contributed by atoms with Crippen molar-refractivity contribution in [2.24, 2.45) is 0 Å². The van der Waals surface area contributed by atoms with E-state index in [9.17, 15) is 24.6 Å². The Morgan fingerprint density at radius 1 is 1.08 bits per heavy atom. The van der Waals surface area contributed by atoms with Crippen molar-refractivity contribution < 1.29 is 38.8 Å². The Morgan fingerprint density at radius 2 is 1.81 bits per heavy atom. The minimum absolute atomic E-state index is 0.0488. The number of nitrogens with one attached hydrogen (secondary N) is 1. The van der Waals surface area contributed by atoms with Crippen LogP contribution in [0.5, 0.6) is 11.5 Å². The minimum atomic E-state index is -1.80. The Labute approximate surface area is 209 Å². The van der Waals surface area contributed by atoms with Crippen molar-refractivity contribution in [3.63, 3.8) is 0 Å². The summed E-state index contributed by atoms with van der Waals surface area (Å²) in [6, 6.07) is 12.0. The lowest BCUT2D eigenvalue weighted by molar-refractivity contribution is -0.160. The van der Waals surface area contributed by atoms with Crippen LogP contribution in [0.2, 0.25) is 0 Å². The van der Waals surface area contributed by atoms with E-state index in [2.05, 4.69) is 5.43 Å². The molecule has 0 spiro atoms. The summed E-state index contributed by atoms with van der Waals surface area (Å²) in [7, 11) is 0. The van der Waals surface area contributed by atoms with Crippen LogP contribution in [0.4, 0.5) is 5.69 Å². The highest BCUT2D eigenvalue weighted by Gasteiger charge is 2.35. The fraction of sp³-hybridized carbons (Fsp3) is 0.346. The molecule has 1 aliphatic rings. The standard InChI is InChI=1S/C26H30N2O8/c1-4-13-35-21-12-11-17(23(16(21)3)36-15-20(29)22(30)26(33)34-5-2)14-19-24(31)27-28(25(19)32)18-9-7-6-8-10-18/h6-12,14,20,22,29-30H,4-5,13,15H2,1-3H3,(H,27,31)/b19-14+/t20-,22-/m1/s1. The average molecular weight is 499 g/mol. The number of anilines is 1. The van der Waals surface area contributed by atoms with E-state index in [1.165, 1.54) is 6.08 Å². The van der Waals surface area contributed by atoms with Crippen molar-refractivity contribution in [2.75, 3.05) is 24.8 Å². The fourth-order valence-corrected chi connectivity index (χ4v) is 3.48. The number of hydrazine groups is 1. The zero-order valence-corrected chi connectivity index (χ0v) is 20.4. The van der Waals surface area contributed by atoms with E-state index in [4.69, 9.17) is 14.2 Å². The summed E-state index contributed by atoms with van der Waals surface area (Å²) in [4.78, 5) is 37.4. The topological polar surface area (TPSA) is 135 Å². The summed E-state index contributed by atoms with van der Waals surface area (Å²) in [5.41, 5.74) is 3.87. The molecule has 3 N–H and O–H groups in total. The maximum atomic E-state index is 13.0. The lowest BCUT2D eigenvalue weighted by Crippen LogP contribution is -2.39. The molecule has 10 heteroatoms. The third-order valence-electron chi connectivity index (χ3n) is 5.35. The van der Waals surface area contributed by atoms with Crippen LogP contribution < -0.4 is 19.9 Å². The van der Waals surface area contributed by atoms with Gasteiger partial charge in [0.05, 0.1) is 18.9 Å². The summed E-state index contributed by atoms with van der Waals surface area (Å²) in [6.07, 6.45) is -1.21. The summed E-state index contributed by atoms with van der Waals surface area (Å²) < 4.78 is 16.3. The van der Waals surface area contributed by atoms with Gasteiger partial charge in [0.1, 0.15) is 29.8 Å². The predicted molar refractivity (Wildman–Crippen MR) is 131 cm³/mol. The Morgan fingerprint density at radius 3 is 2.47 bits per heavy atom. The second-order valence-electron chi connectivity index (χ2n) is 8.01. The zero-order chi connectivity index (χ0) is 26.2. The maximum absolute atomic E-state index is 13.0. The van der Waals surface area contributed by atoms with E-state index in [0.29, 0.717) is 29.2 Å². The predicted octanol–water partition coefficient (Wildman–Crippen LogP) is 1.91. The Hall–Kier alpha value is -3.89. The van der Waals surface area contributed by atoms with E-state index in [-0.39, 0.29) is 17.9 Å². The molecule has 2 aromatic rings. The Balaban J connectivity index is 1.92. The van der Waals surface area contributed by atoms with Crippen molar-refractivity contribution in [1.82, 2.24) is 5.43 Å². The van der Waals surface area contributed by atoms with Crippen LogP contribution in [0, 0.1) is 6.92 Å². The van der Waals surface area contributed by atoms with Gasteiger partial charge in [-0.05, 0) is 50.6 Å². The highest BCUT2D eigenvalue weighted by Crippen LogP contribution is 2.34. The smallest absolute Gasteiger partial charge is 0.337 e. The van der Waals surface area contributed by atoms with Gasteiger partial charge in [0.2, 0.25) is 0 Å². The van der Waals surface area contributed by atoms with Gasteiger partial charge in [-0.15, -0.1) is 0 Å². The highest BCUT2D eigenvalue weighted by molar-refractivity contribution is 6.31. The van der Waals surface area contributed by atoms with Crippen molar-refractivity contribution in [3.05, 3.63) is 59.2 Å². The largest absolute Gasteiger partial charge is 0.493 e. The summed E-state index contributed by atoms with van der Waals surface area (Å²) >= 11 is 0. The van der Waals surface area contributed by atoms with Crippen molar-refractivity contribution in [2.45, 2.75) is 39.4 Å². The number of ether oxygens (including phenoxy) is 3. The van der Waals surface area contributed by atoms with Gasteiger partial charge in [0, 0.05) is 11.1 Å². The fourth-order valence-electron chi connectivity index (χ4n) is 3.48. The number of nitrogens with zero attached hydrogens (tertiary/aromatic N) is 1. The zero-order valence-electron chi connectivity index (χ0n) is 20.4. The van der Waals surface area contributed by atoms with E-state index in [0.717, 1.165) is 11.4 Å². The van der Waals surface area contributed by atoms with Crippen LogP contribution in [-0.4, -0.2) is 60.0 Å². The van der Waals surface area contributed by atoms with Crippen LogP contribution >= 0.6 is 0 Å². The van der Waals surface area contributed by atoms with Crippen LogP contribution in [-0.2, 0) is 19.1 Å². The molecular formula is C26H30N2O8. The molecule has 36 heavy (non-hydrogen) atoms. The summed E-state index contributed by atoms with van der Waals surface area (Å²) in [5, 5.41) is 21.4. The number of carbonyl (C=O) groups excluding carboxylic acids is 3. The van der Waals surface area contributed by atoms with Crippen molar-refractivity contribution in [1.29, 1.82) is 0 Å². The number of benzene rings is 2. The van der Waals surface area contributed by atoms with Crippen LogP contribution in [0.25, 0.3) is 6.08 Å². The normalized spacial score (nSPS) is 16.0. The molecule has 1 saturated heterocycles. The lowest BCUT2D eigenvalue weighted by atomic mass is 10.0. The Bertz CT molecular complexity index is 1130. The number of aliphatic hydroxyl groups is 2. The molecule has 1 fully saturated rings. The minimum Gasteiger partial charge on any atom is -0.493 e. The third kappa shape index (κ3) is 6.02. The number of amides is 2. The first-order chi connectivity index (χ1) is 17.3. The molecule has 1 aliphatic heterocycles. The first-order valence-corrected chi connectivity index (χ1v) is 11.6. The molecule has 0 bridgehead atoms. The molecule has 0 aliphatic carbocycles. The second-order valence-corrected chi connectivity index (χ2v) is 8.01. The van der Waals surface area contributed by atoms with E-state index in [1.54, 1.807) is 56.3 Å². The van der Waals surface area contributed by atoms with Gasteiger partial charge in [-0.2, -0.15) is 0 Å². The van der Waals surface area contributed by atoms with Crippen LogP contribution in [0.3, 0.4) is 0 Å². The molecule has 0 unspecified atom stereocenters. The van der Waals surface area contributed by atoms with Crippen LogP contribution in [0.1, 0.15) is 31.4 Å². The van der Waals surface area contributed by atoms with Crippen molar-refractivity contribution >= 4 is 29.5 Å². The molecule has 0 radical (unpaired) electrons. The summed E-state index contributed by atoms with van der Waals surface area (Å²) in [5.74, 6) is -1.36. The number of carbonyl (C=O) groups is 3. The molecule has 1 heterocycles. The monoisotopic (exact) mass is 498 g/mol. The summed E-state index contributed by atoms with van der Waals surface area (Å²) in [6.45, 7) is 5.32. The quantitative estimate of drug-likeness (QED) is 0.243. The van der Waals surface area contributed by atoms with Gasteiger partial charge in [0.25, 0.3) is 11.8 Å². The van der Waals surface area contributed by atoms with E-state index >= 15 is 0 Å². The first-order valence-electron chi connectivity index (χ1n) is 11.6. The number of rotatable bonds is 11. The maximum Gasteiger partial charge on any atom is 0.337 e. The number of hydrogen-bond acceptors (Lipinski definition) is 8. The highest BCUT2D eigenvalue weighted by atomic mass is 16.6. The molecule has 10 nitrogen and oxygen atoms in total. The number of hydrogen-bond donors (Lipinski definition) is 3. The van der Waals surface area contributed by atoms with Gasteiger partial charge in [-0.1, -0.05) is 25.1 Å². The average Bonchev–Trinajstić information content (AvgIpc) is 3.16. The molecule has 0 aromatic heterocycles. The van der Waals surface area contributed by atoms with E-state index in [1.807, 2.05) is 6.92 Å². The van der Waals surface area contributed by atoms with Crippen LogP contribution in [0.15, 0.2) is 48.0 Å². The van der Waals surface area contributed by atoms with Gasteiger partial charge in [-0.3, -0.25) is 15.0 Å². The first kappa shape index (κ1) is 26.7. The number of aliphatic hydroxyl groups excluding tert-OH is 2. The van der Waals surface area contributed by atoms with Gasteiger partial charge >= 0.3 is 5.97 Å². The Kier molecular flexibility index (Phi) is 9.04. The second kappa shape index (κ2) is 12.2. The van der Waals surface area contributed by atoms with Gasteiger partial charge in [-0.25, -0.2) is 9.80 Å². The molecule has 2 aromatic carbocycles. The third-order valence-corrected chi connectivity index (χ3v) is 5.35. The molecule has 3 rings (SSSR count).